The minimum Gasteiger partial charge on any atom is -0.462 e. The highest BCUT2D eigenvalue weighted by molar-refractivity contribution is 7.52. The van der Waals surface area contributed by atoms with Gasteiger partial charge in [0.2, 0.25) is 0 Å². The summed E-state index contributed by atoms with van der Waals surface area (Å²) in [5.41, 5.74) is 2.54. The van der Waals surface area contributed by atoms with Crippen LogP contribution in [-0.4, -0.2) is 58.0 Å². The number of aliphatic hydroxyl groups is 1. The number of carbonyl (C=O) groups is 1. The number of carbonyl (C=O) groups excluding carboxylic acids is 1. The number of nitrogens with zero attached hydrogens (tertiary/aromatic N) is 2. The molecule has 0 aliphatic carbocycles. The summed E-state index contributed by atoms with van der Waals surface area (Å²) in [4.78, 5) is 28.2. The monoisotopic (exact) mass is 560 g/mol. The maximum atomic E-state index is 16.1. The minimum atomic E-state index is -4.55. The Bertz CT molecular complexity index is 1240. The first-order chi connectivity index (χ1) is 17.7. The van der Waals surface area contributed by atoms with Gasteiger partial charge in [-0.25, -0.2) is 13.8 Å². The maximum Gasteiger partial charge on any atom is 0.459 e. The van der Waals surface area contributed by atoms with Gasteiger partial charge in [-0.1, -0.05) is 18.2 Å². The van der Waals surface area contributed by atoms with Crippen LogP contribution in [0.1, 0.15) is 33.9 Å². The molecule has 1 saturated heterocycles. The van der Waals surface area contributed by atoms with Crippen molar-refractivity contribution < 1.29 is 41.8 Å². The molecule has 1 fully saturated rings. The lowest BCUT2D eigenvalue weighted by atomic mass is 9.83. The van der Waals surface area contributed by atoms with Crippen molar-refractivity contribution >= 4 is 19.5 Å². The van der Waals surface area contributed by atoms with Crippen molar-refractivity contribution in [3.05, 3.63) is 53.1 Å². The summed E-state index contributed by atoms with van der Waals surface area (Å²) < 4.78 is 65.8. The summed E-state index contributed by atoms with van der Waals surface area (Å²) >= 11 is 0. The molecule has 2 heterocycles. The Hall–Kier alpha value is -2.90. The number of halogens is 2. The number of aliphatic hydroxyl groups excluding tert-OH is 1. The number of rotatable bonds is 11. The van der Waals surface area contributed by atoms with E-state index in [9.17, 15) is 23.7 Å². The first kappa shape index (κ1) is 29.7. The van der Waals surface area contributed by atoms with Crippen LogP contribution in [0.25, 0.3) is 0 Å². The van der Waals surface area contributed by atoms with E-state index in [2.05, 4.69) is 10.1 Å². The molecule has 1 aliphatic rings. The lowest BCUT2D eigenvalue weighted by Gasteiger charge is -2.30. The second kappa shape index (κ2) is 11.5. The Morgan fingerprint density at radius 2 is 1.97 bits per heavy atom. The molecule has 3 rings (SSSR count). The van der Waals surface area contributed by atoms with E-state index in [0.29, 0.717) is 0 Å². The molecule has 1 aliphatic heterocycles. The van der Waals surface area contributed by atoms with E-state index in [1.54, 1.807) is 32.0 Å². The van der Waals surface area contributed by atoms with Gasteiger partial charge in [0.05, 0.1) is 11.5 Å². The molecule has 1 aromatic carbocycles. The van der Waals surface area contributed by atoms with Crippen LogP contribution in [0, 0.1) is 5.41 Å². The van der Waals surface area contributed by atoms with Crippen molar-refractivity contribution in [2.75, 3.05) is 19.0 Å². The zero-order chi connectivity index (χ0) is 28.3. The molecule has 6 atom stereocenters. The van der Waals surface area contributed by atoms with Gasteiger partial charge in [0.25, 0.3) is 5.85 Å². The minimum absolute atomic E-state index is 0.0551. The highest BCUT2D eigenvalue weighted by Gasteiger charge is 2.64. The van der Waals surface area contributed by atoms with Crippen molar-refractivity contribution in [1.82, 2.24) is 14.6 Å². The van der Waals surface area contributed by atoms with E-state index in [1.165, 1.54) is 25.1 Å². The van der Waals surface area contributed by atoms with Crippen molar-refractivity contribution in [3.8, 4) is 5.75 Å². The van der Waals surface area contributed by atoms with E-state index in [0.717, 1.165) is 17.7 Å². The first-order valence-corrected chi connectivity index (χ1v) is 13.2. The van der Waals surface area contributed by atoms with E-state index in [4.69, 9.17) is 24.3 Å². The van der Waals surface area contributed by atoms with Crippen LogP contribution in [-0.2, 0) is 23.4 Å². The molecule has 0 radical (unpaired) electrons. The molecule has 0 saturated carbocycles. The second-order valence-electron chi connectivity index (χ2n) is 9.35. The average molecular weight is 560 g/mol. The van der Waals surface area contributed by atoms with Crippen LogP contribution in [0.2, 0.25) is 0 Å². The van der Waals surface area contributed by atoms with E-state index >= 15 is 4.39 Å². The topological polar surface area (TPSA) is 164 Å². The van der Waals surface area contributed by atoms with E-state index < -0.39 is 68.4 Å². The summed E-state index contributed by atoms with van der Waals surface area (Å²) in [5.74, 6) is -4.02. The van der Waals surface area contributed by atoms with Gasteiger partial charge in [0.15, 0.2) is 6.23 Å². The van der Waals surface area contributed by atoms with Gasteiger partial charge in [-0.15, -0.1) is 0 Å². The van der Waals surface area contributed by atoms with Gasteiger partial charge < -0.3 is 24.8 Å². The number of hydrogen-bond acceptors (Lipinski definition) is 10. The Morgan fingerprint density at radius 3 is 2.55 bits per heavy atom. The van der Waals surface area contributed by atoms with Crippen molar-refractivity contribution in [2.45, 2.75) is 58.0 Å². The quantitative estimate of drug-likeness (QED) is 0.273. The highest BCUT2D eigenvalue weighted by atomic mass is 31.2. The smallest absolute Gasteiger partial charge is 0.459 e. The van der Waals surface area contributed by atoms with Crippen LogP contribution < -0.4 is 21.0 Å². The van der Waals surface area contributed by atoms with Gasteiger partial charge in [0, 0.05) is 6.20 Å². The Morgan fingerprint density at radius 1 is 1.32 bits per heavy atom. The second-order valence-corrected chi connectivity index (χ2v) is 11.0. The third-order valence-corrected chi connectivity index (χ3v) is 7.38. The lowest BCUT2D eigenvalue weighted by Crippen LogP contribution is -2.47. The molecule has 0 amide bonds. The van der Waals surface area contributed by atoms with Gasteiger partial charge in [0.1, 0.15) is 37.0 Å². The number of anilines is 1. The highest BCUT2D eigenvalue weighted by Crippen LogP contribution is 2.53. The molecule has 2 aromatic rings. The average Bonchev–Trinajstić information content (AvgIpc) is 3.05. The number of para-hydroxylation sites is 1. The fourth-order valence-electron chi connectivity index (χ4n) is 3.75. The van der Waals surface area contributed by atoms with E-state index in [1.807, 2.05) is 0 Å². The number of nitrogens with one attached hydrogen (secondary N) is 1. The van der Waals surface area contributed by atoms with Gasteiger partial charge in [-0.05, 0) is 45.9 Å². The van der Waals surface area contributed by atoms with Crippen LogP contribution in [0.15, 0.2) is 47.4 Å². The number of hydrogen-bond donors (Lipinski definition) is 3. The molecular weight excluding hydrogens is 529 g/mol. The fourth-order valence-corrected chi connectivity index (χ4v) is 5.26. The normalized spacial score (nSPS) is 27.6. The van der Waals surface area contributed by atoms with Crippen molar-refractivity contribution in [1.29, 1.82) is 0 Å². The summed E-state index contributed by atoms with van der Waals surface area (Å²) in [6.07, 6.45) is -3.21. The third-order valence-electron chi connectivity index (χ3n) is 5.75. The summed E-state index contributed by atoms with van der Waals surface area (Å²) in [7, 11) is -4.55. The van der Waals surface area contributed by atoms with Crippen LogP contribution in [0.5, 0.6) is 5.75 Å². The van der Waals surface area contributed by atoms with Gasteiger partial charge >= 0.3 is 19.4 Å². The zero-order valence-corrected chi connectivity index (χ0v) is 22.1. The molecule has 38 heavy (non-hydrogen) atoms. The van der Waals surface area contributed by atoms with Crippen molar-refractivity contribution in [3.63, 3.8) is 0 Å². The molecular formula is C23H31F2N4O8P. The standard InChI is InChI=1S/C23H31F2N4O8P/c1-14(2)35-18(30)15(3)28-38(33,37-16-8-6-5-7-9-16)34-13-23(25)19(31)22(4,12-24)20(36-23)29-11-10-17(26)27-21(29)32/h5-11,14-15,19-20,31H,12-13H2,1-4H3,(H,28,33)(H2,26,27,32)/t15-,19-,20+,22+,23+,38?/m0/s1. The number of aromatic nitrogens is 2. The molecule has 210 valence electrons. The number of alkyl halides is 2. The maximum absolute atomic E-state index is 16.1. The van der Waals surface area contributed by atoms with Crippen LogP contribution >= 0.6 is 7.75 Å². The van der Waals surface area contributed by atoms with Crippen LogP contribution in [0.4, 0.5) is 14.6 Å². The SMILES string of the molecule is CC(C)OC(=O)[C@H](C)NP(=O)(OC[C@@]1(F)O[C@@H](n2ccc(N)nc2=O)[C@](C)(CF)[C@@H]1O)Oc1ccccc1. The predicted molar refractivity (Wildman–Crippen MR) is 131 cm³/mol. The van der Waals surface area contributed by atoms with Gasteiger partial charge in [-0.3, -0.25) is 18.3 Å². The van der Waals surface area contributed by atoms with Gasteiger partial charge in [-0.2, -0.15) is 10.1 Å². The molecule has 4 N–H and O–H groups in total. The predicted octanol–water partition coefficient (Wildman–Crippen LogP) is 2.49. The molecule has 15 heteroatoms. The fraction of sp³-hybridized carbons (Fsp3) is 0.522. The molecule has 0 spiro atoms. The summed E-state index contributed by atoms with van der Waals surface area (Å²) in [6, 6.07) is 7.70. The van der Waals surface area contributed by atoms with Crippen molar-refractivity contribution in [2.24, 2.45) is 5.41 Å². The molecule has 12 nitrogen and oxygen atoms in total. The largest absolute Gasteiger partial charge is 0.462 e. The molecule has 1 aromatic heterocycles. The van der Waals surface area contributed by atoms with Crippen LogP contribution in [0.3, 0.4) is 0 Å². The molecule has 0 bridgehead atoms. The Balaban J connectivity index is 1.88. The summed E-state index contributed by atoms with van der Waals surface area (Å²) in [6.45, 7) is 3.18. The third kappa shape index (κ3) is 6.38. The number of benzene rings is 1. The number of nitrogens with two attached hydrogens (primary N) is 1. The lowest BCUT2D eigenvalue weighted by molar-refractivity contribution is -0.203. The first-order valence-electron chi connectivity index (χ1n) is 11.7. The number of ether oxygens (including phenoxy) is 2. The molecule has 1 unspecified atom stereocenters. The zero-order valence-electron chi connectivity index (χ0n) is 21.2. The summed E-state index contributed by atoms with van der Waals surface area (Å²) in [5, 5.41) is 13.2. The number of esters is 1. The van der Waals surface area contributed by atoms with E-state index in [-0.39, 0.29) is 11.6 Å². The Labute approximate surface area is 217 Å². The number of nitrogen functional groups attached to an aromatic ring is 1. The Kier molecular flexibility index (Phi) is 8.94.